The van der Waals surface area contributed by atoms with Gasteiger partial charge < -0.3 is 10.0 Å². The van der Waals surface area contributed by atoms with E-state index in [1.54, 1.807) is 12.1 Å². The van der Waals surface area contributed by atoms with Crippen LogP contribution >= 0.6 is 0 Å². The van der Waals surface area contributed by atoms with Gasteiger partial charge in [-0.15, -0.1) is 0 Å². The molecule has 7 nitrogen and oxygen atoms in total. The monoisotopic (exact) mass is 313 g/mol. The number of rotatable bonds is 6. The van der Waals surface area contributed by atoms with Crippen molar-refractivity contribution in [1.29, 1.82) is 0 Å². The first-order valence-electron chi connectivity index (χ1n) is 6.69. The van der Waals surface area contributed by atoms with E-state index >= 15 is 0 Å². The van der Waals surface area contributed by atoms with E-state index in [4.69, 9.17) is 5.11 Å². The molecule has 0 aliphatic carbocycles. The molecule has 8 heteroatoms. The van der Waals surface area contributed by atoms with Gasteiger partial charge in [0.1, 0.15) is 6.54 Å². The molecule has 21 heavy (non-hydrogen) atoms. The predicted octanol–water partition coefficient (Wildman–Crippen LogP) is 0.960. The summed E-state index contributed by atoms with van der Waals surface area (Å²) in [7, 11) is -2.63. The number of benzene rings is 1. The second-order valence-electron chi connectivity index (χ2n) is 5.00. The Kier molecular flexibility index (Phi) is 4.69. The molecule has 0 unspecified atom stereocenters. The minimum atomic E-state index is -3.85. The maximum absolute atomic E-state index is 11.9. The lowest BCUT2D eigenvalue weighted by Gasteiger charge is -2.19. The van der Waals surface area contributed by atoms with Crippen molar-refractivity contribution >= 4 is 27.6 Å². The van der Waals surface area contributed by atoms with Gasteiger partial charge in [0.05, 0.1) is 0 Å². The number of hydrogen-bond donors (Lipinski definition) is 2. The molecule has 0 bridgehead atoms. The van der Waals surface area contributed by atoms with Gasteiger partial charge >= 0.3 is 16.2 Å². The minimum absolute atomic E-state index is 0.412. The normalized spacial score (nSPS) is 15.4. The summed E-state index contributed by atoms with van der Waals surface area (Å²) in [5.41, 5.74) is 1.48. The summed E-state index contributed by atoms with van der Waals surface area (Å²) in [6.45, 7) is 1.46. The Morgan fingerprint density at radius 1 is 1.29 bits per heavy atom. The van der Waals surface area contributed by atoms with Gasteiger partial charge in [-0.1, -0.05) is 0 Å². The Morgan fingerprint density at radius 2 is 1.86 bits per heavy atom. The SMILES string of the molecule is CN(CC(=O)O)S(=O)(=O)Nc1ccc(N2CCCC2)cc1. The summed E-state index contributed by atoms with van der Waals surface area (Å²) in [6.07, 6.45) is 2.35. The molecule has 1 saturated heterocycles. The van der Waals surface area contributed by atoms with E-state index in [0.717, 1.165) is 23.1 Å². The fourth-order valence-corrected chi connectivity index (χ4v) is 3.09. The first-order valence-corrected chi connectivity index (χ1v) is 8.13. The Hall–Kier alpha value is -1.80. The van der Waals surface area contributed by atoms with E-state index in [1.807, 2.05) is 12.1 Å². The topological polar surface area (TPSA) is 90.0 Å². The maximum Gasteiger partial charge on any atom is 0.318 e. The number of carbonyl (C=O) groups is 1. The fraction of sp³-hybridized carbons (Fsp3) is 0.462. The molecule has 2 rings (SSSR count). The van der Waals surface area contributed by atoms with Crippen LogP contribution in [0, 0.1) is 0 Å². The van der Waals surface area contributed by atoms with Gasteiger partial charge in [-0.05, 0) is 37.1 Å². The molecule has 116 valence electrons. The van der Waals surface area contributed by atoms with Crippen LogP contribution in [0.1, 0.15) is 12.8 Å². The average molecular weight is 313 g/mol. The van der Waals surface area contributed by atoms with Gasteiger partial charge in [-0.25, -0.2) is 0 Å². The summed E-state index contributed by atoms with van der Waals surface area (Å²) in [5, 5.41) is 8.63. The van der Waals surface area contributed by atoms with Crippen molar-refractivity contribution in [3.63, 3.8) is 0 Å². The van der Waals surface area contributed by atoms with Crippen LogP contribution in [0.2, 0.25) is 0 Å². The van der Waals surface area contributed by atoms with Crippen LogP contribution in [-0.4, -0.2) is 50.5 Å². The van der Waals surface area contributed by atoms with E-state index in [-0.39, 0.29) is 0 Å². The van der Waals surface area contributed by atoms with E-state index < -0.39 is 22.7 Å². The molecule has 1 aromatic rings. The molecule has 0 aromatic heterocycles. The van der Waals surface area contributed by atoms with Crippen molar-refractivity contribution in [1.82, 2.24) is 4.31 Å². The summed E-state index contributed by atoms with van der Waals surface area (Å²) in [6, 6.07) is 7.08. The molecule has 0 amide bonds. The van der Waals surface area contributed by atoms with E-state index in [1.165, 1.54) is 19.9 Å². The third kappa shape index (κ3) is 4.08. The van der Waals surface area contributed by atoms with Crippen LogP contribution in [-0.2, 0) is 15.0 Å². The maximum atomic E-state index is 11.9. The highest BCUT2D eigenvalue weighted by molar-refractivity contribution is 7.90. The van der Waals surface area contributed by atoms with Crippen LogP contribution in [0.25, 0.3) is 0 Å². The van der Waals surface area contributed by atoms with Crippen LogP contribution in [0.15, 0.2) is 24.3 Å². The number of likely N-dealkylation sites (N-methyl/N-ethyl adjacent to an activating group) is 1. The Balaban J connectivity index is 2.03. The van der Waals surface area contributed by atoms with Gasteiger partial charge in [0.2, 0.25) is 0 Å². The highest BCUT2D eigenvalue weighted by Crippen LogP contribution is 2.22. The molecule has 0 atom stereocenters. The van der Waals surface area contributed by atoms with Gasteiger partial charge in [0.25, 0.3) is 0 Å². The molecule has 0 radical (unpaired) electrons. The third-order valence-corrected chi connectivity index (χ3v) is 4.80. The van der Waals surface area contributed by atoms with Crippen molar-refractivity contribution < 1.29 is 18.3 Å². The quantitative estimate of drug-likeness (QED) is 0.816. The molecule has 1 aromatic carbocycles. The number of carboxylic acids is 1. The third-order valence-electron chi connectivity index (χ3n) is 3.35. The van der Waals surface area contributed by atoms with E-state index in [0.29, 0.717) is 5.69 Å². The van der Waals surface area contributed by atoms with E-state index in [2.05, 4.69) is 9.62 Å². The van der Waals surface area contributed by atoms with Crippen LogP contribution < -0.4 is 9.62 Å². The van der Waals surface area contributed by atoms with Crippen LogP contribution in [0.4, 0.5) is 11.4 Å². The zero-order chi connectivity index (χ0) is 15.5. The molecular weight excluding hydrogens is 294 g/mol. The highest BCUT2D eigenvalue weighted by atomic mass is 32.2. The minimum Gasteiger partial charge on any atom is -0.480 e. The molecule has 0 saturated carbocycles. The number of nitrogens with zero attached hydrogens (tertiary/aromatic N) is 2. The summed E-state index contributed by atoms with van der Waals surface area (Å²) < 4.78 is 26.9. The fourth-order valence-electron chi connectivity index (χ4n) is 2.22. The lowest BCUT2D eigenvalue weighted by molar-refractivity contribution is -0.137. The van der Waals surface area contributed by atoms with Crippen LogP contribution in [0.3, 0.4) is 0 Å². The molecule has 2 N–H and O–H groups in total. The summed E-state index contributed by atoms with van der Waals surface area (Å²) in [5.74, 6) is -1.20. The zero-order valence-corrected chi connectivity index (χ0v) is 12.6. The average Bonchev–Trinajstić information content (AvgIpc) is 2.92. The molecule has 1 aliphatic rings. The van der Waals surface area contributed by atoms with Crippen molar-refractivity contribution in [2.24, 2.45) is 0 Å². The second-order valence-corrected chi connectivity index (χ2v) is 6.78. The number of carboxylic acid groups (broad SMARTS) is 1. The Morgan fingerprint density at radius 3 is 2.38 bits per heavy atom. The molecule has 1 fully saturated rings. The second kappa shape index (κ2) is 6.31. The molecule has 1 heterocycles. The van der Waals surface area contributed by atoms with Gasteiger partial charge in [-0.3, -0.25) is 9.52 Å². The van der Waals surface area contributed by atoms with Crippen molar-refractivity contribution in [3.05, 3.63) is 24.3 Å². The lowest BCUT2D eigenvalue weighted by Crippen LogP contribution is -2.36. The summed E-state index contributed by atoms with van der Waals surface area (Å²) in [4.78, 5) is 12.8. The number of nitrogens with one attached hydrogen (secondary N) is 1. The van der Waals surface area contributed by atoms with Crippen molar-refractivity contribution in [2.45, 2.75) is 12.8 Å². The van der Waals surface area contributed by atoms with Gasteiger partial charge in [-0.2, -0.15) is 12.7 Å². The van der Waals surface area contributed by atoms with Crippen molar-refractivity contribution in [2.75, 3.05) is 36.3 Å². The first-order chi connectivity index (χ1) is 9.88. The molecule has 0 spiro atoms. The van der Waals surface area contributed by atoms with Crippen molar-refractivity contribution in [3.8, 4) is 0 Å². The molecular formula is C13H19N3O4S. The lowest BCUT2D eigenvalue weighted by atomic mass is 10.2. The van der Waals surface area contributed by atoms with Gasteiger partial charge in [0, 0.05) is 31.5 Å². The van der Waals surface area contributed by atoms with Crippen LogP contribution in [0.5, 0.6) is 0 Å². The number of hydrogen-bond acceptors (Lipinski definition) is 4. The number of aliphatic carboxylic acids is 1. The Bertz CT molecular complexity index is 594. The number of anilines is 2. The van der Waals surface area contributed by atoms with E-state index in [9.17, 15) is 13.2 Å². The standard InChI is InChI=1S/C13H19N3O4S/c1-15(10-13(17)18)21(19,20)14-11-4-6-12(7-5-11)16-8-2-3-9-16/h4-7,14H,2-3,8-10H2,1H3,(H,17,18). The largest absolute Gasteiger partial charge is 0.480 e. The molecule has 1 aliphatic heterocycles. The van der Waals surface area contributed by atoms with Gasteiger partial charge in [0.15, 0.2) is 0 Å². The predicted molar refractivity (Wildman–Crippen MR) is 80.7 cm³/mol. The zero-order valence-electron chi connectivity index (χ0n) is 11.8. The first kappa shape index (κ1) is 15.6. The Labute approximate surface area is 124 Å². The summed E-state index contributed by atoms with van der Waals surface area (Å²) >= 11 is 0. The smallest absolute Gasteiger partial charge is 0.318 e. The highest BCUT2D eigenvalue weighted by Gasteiger charge is 2.20.